The van der Waals surface area contributed by atoms with Crippen LogP contribution in [0.2, 0.25) is 5.02 Å². The van der Waals surface area contributed by atoms with Crippen LogP contribution in [0.25, 0.3) is 0 Å². The Morgan fingerprint density at radius 3 is 2.10 bits per heavy atom. The van der Waals surface area contributed by atoms with Crippen molar-refractivity contribution >= 4 is 11.6 Å². The fourth-order valence-corrected chi connectivity index (χ4v) is 2.74. The zero-order valence-corrected chi connectivity index (χ0v) is 13.0. The third-order valence-electron chi connectivity index (χ3n) is 4.02. The topological polar surface area (TPSA) is 40.5 Å². The Kier molecular flexibility index (Phi) is 5.40. The van der Waals surface area contributed by atoms with Gasteiger partial charge in [-0.15, -0.1) is 0 Å². The molecule has 0 aliphatic heterocycles. The summed E-state index contributed by atoms with van der Waals surface area (Å²) in [5.74, 6) is 0. The molecule has 0 saturated heterocycles. The smallest absolute Gasteiger partial charge is 0.0553 e. The van der Waals surface area contributed by atoms with Crippen molar-refractivity contribution in [3.05, 3.63) is 70.2 Å². The lowest BCUT2D eigenvalue weighted by Crippen LogP contribution is -2.37. The molecule has 0 heterocycles. The minimum Gasteiger partial charge on any atom is -0.395 e. The summed E-state index contributed by atoms with van der Waals surface area (Å²) in [5.41, 5.74) is 2.52. The summed E-state index contributed by atoms with van der Waals surface area (Å²) in [6, 6.07) is 15.7. The zero-order valence-electron chi connectivity index (χ0n) is 12.2. The molecule has 0 bridgehead atoms. The third-order valence-corrected chi connectivity index (χ3v) is 4.25. The highest BCUT2D eigenvalue weighted by molar-refractivity contribution is 6.30. The molecule has 0 aliphatic rings. The molecule has 2 N–H and O–H groups in total. The Hall–Kier alpha value is -1.35. The normalized spacial score (nSPS) is 11.6. The molecule has 0 aliphatic carbocycles. The SMILES string of the molecule is CCc1ccc(CC(CO)(CO)c2cccc(Cl)c2)cc1. The molecule has 2 aromatic rings. The molecule has 0 fully saturated rings. The van der Waals surface area contributed by atoms with E-state index in [0.717, 1.165) is 17.5 Å². The van der Waals surface area contributed by atoms with Gasteiger partial charge in [0.1, 0.15) is 0 Å². The van der Waals surface area contributed by atoms with Crippen molar-refractivity contribution in [2.45, 2.75) is 25.2 Å². The number of hydrogen-bond donors (Lipinski definition) is 2. The molecular formula is C18H21ClO2. The van der Waals surface area contributed by atoms with Crippen LogP contribution < -0.4 is 0 Å². The van der Waals surface area contributed by atoms with Crippen LogP contribution in [-0.4, -0.2) is 23.4 Å². The Balaban J connectivity index is 2.33. The van der Waals surface area contributed by atoms with Crippen LogP contribution in [0.15, 0.2) is 48.5 Å². The van der Waals surface area contributed by atoms with E-state index < -0.39 is 5.41 Å². The van der Waals surface area contributed by atoms with Crippen molar-refractivity contribution in [2.75, 3.05) is 13.2 Å². The van der Waals surface area contributed by atoms with Crippen LogP contribution >= 0.6 is 11.6 Å². The molecule has 0 spiro atoms. The van der Waals surface area contributed by atoms with Crippen LogP contribution in [0.5, 0.6) is 0 Å². The fourth-order valence-electron chi connectivity index (χ4n) is 2.55. The highest BCUT2D eigenvalue weighted by Crippen LogP contribution is 2.30. The second-order valence-electron chi connectivity index (χ2n) is 5.45. The largest absolute Gasteiger partial charge is 0.395 e. The lowest BCUT2D eigenvalue weighted by Gasteiger charge is -2.31. The van der Waals surface area contributed by atoms with Crippen molar-refractivity contribution in [2.24, 2.45) is 0 Å². The van der Waals surface area contributed by atoms with E-state index in [0.29, 0.717) is 11.4 Å². The van der Waals surface area contributed by atoms with Gasteiger partial charge in [-0.2, -0.15) is 0 Å². The molecule has 0 saturated carbocycles. The average Bonchev–Trinajstić information content (AvgIpc) is 2.53. The van der Waals surface area contributed by atoms with Crippen LogP contribution in [-0.2, 0) is 18.3 Å². The summed E-state index contributed by atoms with van der Waals surface area (Å²) in [7, 11) is 0. The van der Waals surface area contributed by atoms with E-state index in [4.69, 9.17) is 11.6 Å². The van der Waals surface area contributed by atoms with Crippen LogP contribution in [0.3, 0.4) is 0 Å². The Labute approximate surface area is 131 Å². The number of aliphatic hydroxyl groups excluding tert-OH is 2. The van der Waals surface area contributed by atoms with Gasteiger partial charge in [-0.3, -0.25) is 0 Å². The van der Waals surface area contributed by atoms with E-state index in [9.17, 15) is 10.2 Å². The van der Waals surface area contributed by atoms with Crippen molar-refractivity contribution in [3.63, 3.8) is 0 Å². The summed E-state index contributed by atoms with van der Waals surface area (Å²) in [5, 5.41) is 20.4. The van der Waals surface area contributed by atoms with Gasteiger partial charge in [0.05, 0.1) is 13.2 Å². The predicted molar refractivity (Wildman–Crippen MR) is 86.8 cm³/mol. The van der Waals surface area contributed by atoms with Gasteiger partial charge < -0.3 is 10.2 Å². The van der Waals surface area contributed by atoms with Gasteiger partial charge in [-0.25, -0.2) is 0 Å². The van der Waals surface area contributed by atoms with Crippen molar-refractivity contribution in [3.8, 4) is 0 Å². The maximum atomic E-state index is 9.88. The standard InChI is InChI=1S/C18H21ClO2/c1-2-14-6-8-15(9-7-14)11-18(12-20,13-21)16-4-3-5-17(19)10-16/h3-10,20-21H,2,11-13H2,1H3. The molecule has 2 aromatic carbocycles. The highest BCUT2D eigenvalue weighted by Gasteiger charge is 2.31. The van der Waals surface area contributed by atoms with Gasteiger partial charge in [0, 0.05) is 10.4 Å². The molecule has 0 radical (unpaired) electrons. The molecule has 0 unspecified atom stereocenters. The van der Waals surface area contributed by atoms with Crippen molar-refractivity contribution < 1.29 is 10.2 Å². The minimum atomic E-state index is -0.710. The van der Waals surface area contributed by atoms with E-state index in [2.05, 4.69) is 31.2 Å². The molecule has 2 nitrogen and oxygen atoms in total. The number of aryl methyl sites for hydroxylation is 1. The maximum absolute atomic E-state index is 9.88. The monoisotopic (exact) mass is 304 g/mol. The summed E-state index contributed by atoms with van der Waals surface area (Å²) in [6.07, 6.45) is 1.57. The zero-order chi connectivity index (χ0) is 15.3. The van der Waals surface area contributed by atoms with Gasteiger partial charge in [-0.1, -0.05) is 54.9 Å². The second-order valence-corrected chi connectivity index (χ2v) is 5.89. The fraction of sp³-hybridized carbons (Fsp3) is 0.333. The average molecular weight is 305 g/mol. The molecule has 0 amide bonds. The number of halogens is 1. The second kappa shape index (κ2) is 7.08. The van der Waals surface area contributed by atoms with Gasteiger partial charge in [0.25, 0.3) is 0 Å². The predicted octanol–water partition coefficient (Wildman–Crippen LogP) is 3.37. The summed E-state index contributed by atoms with van der Waals surface area (Å²) >= 11 is 6.04. The summed E-state index contributed by atoms with van der Waals surface area (Å²) < 4.78 is 0. The van der Waals surface area contributed by atoms with E-state index in [1.165, 1.54) is 5.56 Å². The first kappa shape index (κ1) is 16.0. The molecule has 21 heavy (non-hydrogen) atoms. The Bertz CT molecular complexity index is 574. The number of benzene rings is 2. The van der Waals surface area contributed by atoms with E-state index in [1.54, 1.807) is 6.07 Å². The van der Waals surface area contributed by atoms with Gasteiger partial charge in [0.2, 0.25) is 0 Å². The van der Waals surface area contributed by atoms with E-state index >= 15 is 0 Å². The Morgan fingerprint density at radius 1 is 0.952 bits per heavy atom. The minimum absolute atomic E-state index is 0.126. The molecule has 0 aromatic heterocycles. The molecule has 112 valence electrons. The van der Waals surface area contributed by atoms with Gasteiger partial charge >= 0.3 is 0 Å². The number of hydrogen-bond acceptors (Lipinski definition) is 2. The first-order valence-corrected chi connectivity index (χ1v) is 7.57. The Morgan fingerprint density at radius 2 is 1.57 bits per heavy atom. The van der Waals surface area contributed by atoms with Gasteiger partial charge in [0.15, 0.2) is 0 Å². The quantitative estimate of drug-likeness (QED) is 0.859. The van der Waals surface area contributed by atoms with Crippen molar-refractivity contribution in [1.82, 2.24) is 0 Å². The molecule has 3 heteroatoms. The van der Waals surface area contributed by atoms with E-state index in [1.807, 2.05) is 18.2 Å². The maximum Gasteiger partial charge on any atom is 0.0553 e. The summed E-state index contributed by atoms with van der Waals surface area (Å²) in [4.78, 5) is 0. The molecule has 0 atom stereocenters. The van der Waals surface area contributed by atoms with Crippen LogP contribution in [0, 0.1) is 0 Å². The first-order valence-electron chi connectivity index (χ1n) is 7.19. The third kappa shape index (κ3) is 3.65. The number of rotatable bonds is 6. The number of aliphatic hydroxyl groups is 2. The van der Waals surface area contributed by atoms with Crippen LogP contribution in [0.1, 0.15) is 23.6 Å². The molecule has 2 rings (SSSR count). The van der Waals surface area contributed by atoms with Crippen LogP contribution in [0.4, 0.5) is 0 Å². The highest BCUT2D eigenvalue weighted by atomic mass is 35.5. The first-order chi connectivity index (χ1) is 10.1. The van der Waals surface area contributed by atoms with E-state index in [-0.39, 0.29) is 13.2 Å². The summed E-state index contributed by atoms with van der Waals surface area (Å²) in [6.45, 7) is 1.87. The lowest BCUT2D eigenvalue weighted by molar-refractivity contribution is 0.116. The van der Waals surface area contributed by atoms with Gasteiger partial charge in [-0.05, 0) is 41.7 Å². The molecular weight excluding hydrogens is 284 g/mol. The van der Waals surface area contributed by atoms with Crippen molar-refractivity contribution in [1.29, 1.82) is 0 Å². The lowest BCUT2D eigenvalue weighted by atomic mass is 9.77.